The SMILES string of the molecule is CC(C)n1c(SCCCOc2ccc(C(=O)/C=C/c3cccc(Br)c3)cc2)nnc1-c1ccncc1. The van der Waals surface area contributed by atoms with Gasteiger partial charge in [0.15, 0.2) is 16.8 Å². The quantitative estimate of drug-likeness (QED) is 0.0836. The number of hydrogen-bond acceptors (Lipinski definition) is 6. The van der Waals surface area contributed by atoms with Crippen LogP contribution in [0.1, 0.15) is 42.2 Å². The predicted octanol–water partition coefficient (Wildman–Crippen LogP) is 7.14. The third-order valence-electron chi connectivity index (χ3n) is 5.32. The van der Waals surface area contributed by atoms with E-state index < -0.39 is 0 Å². The molecule has 8 heteroatoms. The van der Waals surface area contributed by atoms with Crippen LogP contribution in [0.5, 0.6) is 5.75 Å². The summed E-state index contributed by atoms with van der Waals surface area (Å²) in [5.41, 5.74) is 2.60. The van der Waals surface area contributed by atoms with E-state index in [1.54, 1.807) is 42.4 Å². The average Bonchev–Trinajstić information content (AvgIpc) is 3.32. The number of ether oxygens (including phenoxy) is 1. The molecule has 0 atom stereocenters. The number of carbonyl (C=O) groups excluding carboxylic acids is 1. The Morgan fingerprint density at radius 1 is 1.08 bits per heavy atom. The van der Waals surface area contributed by atoms with E-state index in [1.807, 2.05) is 54.6 Å². The van der Waals surface area contributed by atoms with Crippen LogP contribution < -0.4 is 4.74 Å². The van der Waals surface area contributed by atoms with Gasteiger partial charge in [0.1, 0.15) is 5.75 Å². The van der Waals surface area contributed by atoms with Gasteiger partial charge in [-0.05, 0) is 80.4 Å². The molecule has 184 valence electrons. The lowest BCUT2D eigenvalue weighted by Crippen LogP contribution is -2.06. The summed E-state index contributed by atoms with van der Waals surface area (Å²) in [6, 6.07) is 19.2. The van der Waals surface area contributed by atoms with Gasteiger partial charge in [-0.15, -0.1) is 10.2 Å². The number of benzene rings is 2. The van der Waals surface area contributed by atoms with Gasteiger partial charge in [0.05, 0.1) is 6.61 Å². The molecule has 0 saturated carbocycles. The maximum atomic E-state index is 12.5. The molecular weight excluding hydrogens is 536 g/mol. The van der Waals surface area contributed by atoms with Gasteiger partial charge in [-0.25, -0.2) is 0 Å². The standard InChI is InChI=1S/C28H27BrN4O2S/c1-20(2)33-27(23-13-15-30-16-14-23)31-32-28(33)36-18-4-17-35-25-10-8-22(9-11-25)26(34)12-7-21-5-3-6-24(29)19-21/h3,5-16,19-20H,4,17-18H2,1-2H3/b12-7+. The Labute approximate surface area is 224 Å². The van der Waals surface area contributed by atoms with E-state index in [4.69, 9.17) is 4.74 Å². The Kier molecular flexibility index (Phi) is 9.08. The lowest BCUT2D eigenvalue weighted by molar-refractivity contribution is 0.104. The van der Waals surface area contributed by atoms with Crippen LogP contribution in [0, 0.1) is 0 Å². The third kappa shape index (κ3) is 6.92. The summed E-state index contributed by atoms with van der Waals surface area (Å²) in [5, 5.41) is 9.72. The predicted molar refractivity (Wildman–Crippen MR) is 148 cm³/mol. The molecule has 0 unspecified atom stereocenters. The molecule has 4 aromatic rings. The Morgan fingerprint density at radius 2 is 1.86 bits per heavy atom. The first-order valence-corrected chi connectivity index (χ1v) is 13.5. The molecular formula is C28H27BrN4O2S. The number of allylic oxidation sites excluding steroid dienone is 1. The summed E-state index contributed by atoms with van der Waals surface area (Å²) >= 11 is 5.12. The van der Waals surface area contributed by atoms with Crippen LogP contribution in [0.25, 0.3) is 17.5 Å². The largest absolute Gasteiger partial charge is 0.494 e. The summed E-state index contributed by atoms with van der Waals surface area (Å²) < 4.78 is 9.01. The lowest BCUT2D eigenvalue weighted by Gasteiger charge is -2.13. The van der Waals surface area contributed by atoms with Crippen molar-refractivity contribution in [2.45, 2.75) is 31.5 Å². The van der Waals surface area contributed by atoms with Crippen molar-refractivity contribution < 1.29 is 9.53 Å². The monoisotopic (exact) mass is 562 g/mol. The Balaban J connectivity index is 1.25. The molecule has 0 saturated heterocycles. The second-order valence-electron chi connectivity index (χ2n) is 8.33. The normalized spacial score (nSPS) is 11.3. The molecule has 2 aromatic heterocycles. The van der Waals surface area contributed by atoms with Gasteiger partial charge < -0.3 is 4.74 Å². The van der Waals surface area contributed by atoms with Crippen molar-refractivity contribution in [3.63, 3.8) is 0 Å². The first-order valence-electron chi connectivity index (χ1n) is 11.7. The van der Waals surface area contributed by atoms with Crippen LogP contribution in [0.15, 0.2) is 88.8 Å². The van der Waals surface area contributed by atoms with Crippen LogP contribution in [0.2, 0.25) is 0 Å². The number of aromatic nitrogens is 4. The van der Waals surface area contributed by atoms with E-state index in [2.05, 4.69) is 49.5 Å². The molecule has 0 N–H and O–H groups in total. The van der Waals surface area contributed by atoms with Gasteiger partial charge in [0.25, 0.3) is 0 Å². The summed E-state index contributed by atoms with van der Waals surface area (Å²) in [6.45, 7) is 4.84. The fraction of sp³-hybridized carbons (Fsp3) is 0.214. The number of pyridine rings is 1. The maximum absolute atomic E-state index is 12.5. The molecule has 2 aromatic carbocycles. The van der Waals surface area contributed by atoms with Crippen molar-refractivity contribution in [2.24, 2.45) is 0 Å². The van der Waals surface area contributed by atoms with Crippen LogP contribution in [-0.2, 0) is 0 Å². The molecule has 0 aliphatic carbocycles. The highest BCUT2D eigenvalue weighted by atomic mass is 79.9. The lowest BCUT2D eigenvalue weighted by atomic mass is 10.1. The minimum atomic E-state index is -0.0432. The summed E-state index contributed by atoms with van der Waals surface area (Å²) in [7, 11) is 0. The van der Waals surface area contributed by atoms with Gasteiger partial charge in [-0.3, -0.25) is 14.3 Å². The summed E-state index contributed by atoms with van der Waals surface area (Å²) in [6.07, 6.45) is 7.79. The number of rotatable bonds is 11. The van der Waals surface area contributed by atoms with Crippen LogP contribution in [0.3, 0.4) is 0 Å². The Morgan fingerprint density at radius 3 is 2.58 bits per heavy atom. The number of thioether (sulfide) groups is 1. The highest BCUT2D eigenvalue weighted by Gasteiger charge is 2.16. The minimum Gasteiger partial charge on any atom is -0.494 e. The Hall–Kier alpha value is -3.23. The van der Waals surface area contributed by atoms with Crippen molar-refractivity contribution in [3.8, 4) is 17.1 Å². The molecule has 0 aliphatic heterocycles. The summed E-state index contributed by atoms with van der Waals surface area (Å²) in [5.74, 6) is 2.42. The van der Waals surface area contributed by atoms with Gasteiger partial charge in [0.2, 0.25) is 0 Å². The van der Waals surface area contributed by atoms with Crippen molar-refractivity contribution in [1.82, 2.24) is 19.7 Å². The topological polar surface area (TPSA) is 69.9 Å². The fourth-order valence-electron chi connectivity index (χ4n) is 3.54. The second kappa shape index (κ2) is 12.6. The number of nitrogens with zero attached hydrogens (tertiary/aromatic N) is 4. The van der Waals surface area contributed by atoms with Crippen LogP contribution in [-0.4, -0.2) is 37.9 Å². The minimum absolute atomic E-state index is 0.0432. The van der Waals surface area contributed by atoms with E-state index in [0.717, 1.165) is 44.5 Å². The van der Waals surface area contributed by atoms with E-state index in [1.165, 1.54) is 0 Å². The van der Waals surface area contributed by atoms with Gasteiger partial charge in [0, 0.05) is 39.8 Å². The van der Waals surface area contributed by atoms with Gasteiger partial charge in [-0.1, -0.05) is 45.9 Å². The zero-order valence-electron chi connectivity index (χ0n) is 20.2. The number of ketones is 1. The zero-order chi connectivity index (χ0) is 25.3. The van der Waals surface area contributed by atoms with Crippen molar-refractivity contribution in [1.29, 1.82) is 0 Å². The van der Waals surface area contributed by atoms with E-state index in [0.29, 0.717) is 12.2 Å². The van der Waals surface area contributed by atoms with Crippen molar-refractivity contribution >= 4 is 39.6 Å². The number of hydrogen-bond donors (Lipinski definition) is 0. The first-order chi connectivity index (χ1) is 17.5. The molecule has 0 fully saturated rings. The average molecular weight is 564 g/mol. The molecule has 2 heterocycles. The first kappa shape index (κ1) is 25.9. The Bertz CT molecular complexity index is 1320. The van der Waals surface area contributed by atoms with Crippen molar-refractivity contribution in [3.05, 3.63) is 94.7 Å². The number of halogens is 1. The fourth-order valence-corrected chi connectivity index (χ4v) is 4.94. The van der Waals surface area contributed by atoms with Crippen molar-refractivity contribution in [2.75, 3.05) is 12.4 Å². The second-order valence-corrected chi connectivity index (χ2v) is 10.3. The summed E-state index contributed by atoms with van der Waals surface area (Å²) in [4.78, 5) is 16.5. The van der Waals surface area contributed by atoms with Gasteiger partial charge >= 0.3 is 0 Å². The third-order valence-corrected chi connectivity index (χ3v) is 6.85. The molecule has 0 spiro atoms. The molecule has 0 radical (unpaired) electrons. The highest BCUT2D eigenvalue weighted by Crippen LogP contribution is 2.27. The highest BCUT2D eigenvalue weighted by molar-refractivity contribution is 9.10. The molecule has 0 bridgehead atoms. The zero-order valence-corrected chi connectivity index (χ0v) is 22.6. The molecule has 36 heavy (non-hydrogen) atoms. The van der Waals surface area contributed by atoms with Crippen LogP contribution in [0.4, 0.5) is 0 Å². The number of carbonyl (C=O) groups is 1. The van der Waals surface area contributed by atoms with E-state index in [9.17, 15) is 4.79 Å². The van der Waals surface area contributed by atoms with E-state index >= 15 is 0 Å². The molecule has 0 aliphatic rings. The molecule has 6 nitrogen and oxygen atoms in total. The van der Waals surface area contributed by atoms with Crippen LogP contribution >= 0.6 is 27.7 Å². The van der Waals surface area contributed by atoms with Gasteiger partial charge in [-0.2, -0.15) is 0 Å². The molecule has 0 amide bonds. The maximum Gasteiger partial charge on any atom is 0.191 e. The van der Waals surface area contributed by atoms with E-state index in [-0.39, 0.29) is 11.8 Å². The smallest absolute Gasteiger partial charge is 0.191 e. The molecule has 4 rings (SSSR count).